The molecule has 0 fully saturated rings. The molecule has 0 bridgehead atoms. The summed E-state index contributed by atoms with van der Waals surface area (Å²) in [6, 6.07) is 4.03. The molecule has 0 unspecified atom stereocenters. The summed E-state index contributed by atoms with van der Waals surface area (Å²) >= 11 is 1.72. The Morgan fingerprint density at radius 2 is 1.95 bits per heavy atom. The van der Waals surface area contributed by atoms with E-state index in [1.807, 2.05) is 6.07 Å². The van der Waals surface area contributed by atoms with Crippen LogP contribution in [-0.2, 0) is 15.9 Å². The Hall–Kier alpha value is -1.36. The van der Waals surface area contributed by atoms with Crippen molar-refractivity contribution in [1.29, 1.82) is 0 Å². The molecule has 0 N–H and O–H groups in total. The third-order valence-electron chi connectivity index (χ3n) is 3.11. The van der Waals surface area contributed by atoms with E-state index < -0.39 is 0 Å². The molecule has 104 valence electrons. The van der Waals surface area contributed by atoms with Crippen LogP contribution in [0.3, 0.4) is 0 Å². The van der Waals surface area contributed by atoms with Gasteiger partial charge in [0.05, 0.1) is 14.2 Å². The topological polar surface area (TPSA) is 43.2 Å². The summed E-state index contributed by atoms with van der Waals surface area (Å²) in [6.07, 6.45) is 0.808. The molecule has 2 heterocycles. The van der Waals surface area contributed by atoms with Gasteiger partial charge in [0, 0.05) is 11.3 Å². The van der Waals surface area contributed by atoms with Crippen molar-refractivity contribution in [3.05, 3.63) is 22.4 Å². The SMILES string of the molecule is COC1=N[C@@H](C(C)C)C(OC)=N[C@H]1Cc1cccs1. The lowest BCUT2D eigenvalue weighted by molar-refractivity contribution is 0.333. The predicted molar refractivity (Wildman–Crippen MR) is 79.3 cm³/mol. The number of methoxy groups -OCH3 is 2. The van der Waals surface area contributed by atoms with Crippen molar-refractivity contribution in [1.82, 2.24) is 0 Å². The third-order valence-corrected chi connectivity index (χ3v) is 4.01. The smallest absolute Gasteiger partial charge is 0.209 e. The molecule has 19 heavy (non-hydrogen) atoms. The van der Waals surface area contributed by atoms with Crippen LogP contribution in [0.4, 0.5) is 0 Å². The predicted octanol–water partition coefficient (Wildman–Crippen LogP) is 2.79. The minimum Gasteiger partial charge on any atom is -0.483 e. The highest BCUT2D eigenvalue weighted by molar-refractivity contribution is 7.09. The highest BCUT2D eigenvalue weighted by Crippen LogP contribution is 2.21. The van der Waals surface area contributed by atoms with E-state index in [0.29, 0.717) is 17.7 Å². The van der Waals surface area contributed by atoms with Crippen LogP contribution in [-0.4, -0.2) is 38.1 Å². The number of nitrogens with zero attached hydrogens (tertiary/aromatic N) is 2. The second-order valence-corrected chi connectivity index (χ2v) is 5.86. The van der Waals surface area contributed by atoms with E-state index in [9.17, 15) is 0 Å². The average molecular weight is 280 g/mol. The maximum absolute atomic E-state index is 5.42. The van der Waals surface area contributed by atoms with Crippen LogP contribution in [0.5, 0.6) is 0 Å². The lowest BCUT2D eigenvalue weighted by Gasteiger charge is -2.26. The normalized spacial score (nSPS) is 23.0. The van der Waals surface area contributed by atoms with Gasteiger partial charge in [-0.25, -0.2) is 9.98 Å². The summed E-state index contributed by atoms with van der Waals surface area (Å²) in [5, 5.41) is 2.07. The van der Waals surface area contributed by atoms with Gasteiger partial charge in [-0.3, -0.25) is 0 Å². The lowest BCUT2D eigenvalue weighted by atomic mass is 10.0. The van der Waals surface area contributed by atoms with Crippen LogP contribution >= 0.6 is 11.3 Å². The second kappa shape index (κ2) is 6.19. The van der Waals surface area contributed by atoms with Gasteiger partial charge in [-0.05, 0) is 17.4 Å². The van der Waals surface area contributed by atoms with E-state index >= 15 is 0 Å². The summed E-state index contributed by atoms with van der Waals surface area (Å²) in [6.45, 7) is 4.21. The first-order valence-electron chi connectivity index (χ1n) is 6.41. The van der Waals surface area contributed by atoms with E-state index in [-0.39, 0.29) is 12.1 Å². The quantitative estimate of drug-likeness (QED) is 0.854. The molecule has 0 saturated carbocycles. The average Bonchev–Trinajstić information content (AvgIpc) is 2.90. The molecule has 2 atom stereocenters. The standard InChI is InChI=1S/C14H20N2O2S/c1-9(2)12-14(18-4)15-11(13(16-12)17-3)8-10-6-5-7-19-10/h5-7,9,11-12H,8H2,1-4H3/t11-,12-/m0/s1. The first-order chi connectivity index (χ1) is 9.15. The van der Waals surface area contributed by atoms with E-state index in [1.54, 1.807) is 25.6 Å². The molecule has 4 nitrogen and oxygen atoms in total. The van der Waals surface area contributed by atoms with Gasteiger partial charge < -0.3 is 9.47 Å². The molecule has 1 aliphatic heterocycles. The Balaban J connectivity index is 2.22. The van der Waals surface area contributed by atoms with Crippen molar-refractivity contribution in [2.75, 3.05) is 14.2 Å². The second-order valence-electron chi connectivity index (χ2n) is 4.83. The Morgan fingerprint density at radius 3 is 2.47 bits per heavy atom. The Kier molecular flexibility index (Phi) is 4.58. The fourth-order valence-corrected chi connectivity index (χ4v) is 2.86. The molecule has 0 radical (unpaired) electrons. The number of hydrogen-bond acceptors (Lipinski definition) is 5. The molecule has 1 aliphatic rings. The van der Waals surface area contributed by atoms with E-state index in [0.717, 1.165) is 6.42 Å². The summed E-state index contributed by atoms with van der Waals surface area (Å²) in [7, 11) is 3.31. The zero-order valence-corrected chi connectivity index (χ0v) is 12.6. The minimum atomic E-state index is -0.0754. The molecular formula is C14H20N2O2S. The van der Waals surface area contributed by atoms with Crippen molar-refractivity contribution >= 4 is 23.1 Å². The molecule has 0 saturated heterocycles. The number of ether oxygens (including phenoxy) is 2. The van der Waals surface area contributed by atoms with Gasteiger partial charge in [-0.2, -0.15) is 0 Å². The highest BCUT2D eigenvalue weighted by Gasteiger charge is 2.30. The summed E-state index contributed by atoms with van der Waals surface area (Å²) < 4.78 is 10.8. The maximum Gasteiger partial charge on any atom is 0.209 e. The molecule has 0 spiro atoms. The molecule has 2 rings (SSSR count). The van der Waals surface area contributed by atoms with Gasteiger partial charge in [-0.15, -0.1) is 11.3 Å². The van der Waals surface area contributed by atoms with Gasteiger partial charge >= 0.3 is 0 Å². The first kappa shape index (κ1) is 14.1. The van der Waals surface area contributed by atoms with E-state index in [1.165, 1.54) is 4.88 Å². The fourth-order valence-electron chi connectivity index (χ4n) is 2.11. The summed E-state index contributed by atoms with van der Waals surface area (Å²) in [5.41, 5.74) is 0. The molecule has 5 heteroatoms. The minimum absolute atomic E-state index is 0.0421. The van der Waals surface area contributed by atoms with Crippen molar-refractivity contribution in [3.63, 3.8) is 0 Å². The Bertz CT molecular complexity index is 466. The van der Waals surface area contributed by atoms with Crippen LogP contribution in [0.15, 0.2) is 27.5 Å². The zero-order chi connectivity index (χ0) is 13.8. The molecule has 1 aromatic rings. The van der Waals surface area contributed by atoms with Crippen molar-refractivity contribution in [2.45, 2.75) is 32.4 Å². The van der Waals surface area contributed by atoms with Gasteiger partial charge in [0.25, 0.3) is 0 Å². The summed E-state index contributed by atoms with van der Waals surface area (Å²) in [5.74, 6) is 1.75. The lowest BCUT2D eigenvalue weighted by Crippen LogP contribution is -2.38. The van der Waals surface area contributed by atoms with Crippen LogP contribution in [0.25, 0.3) is 0 Å². The third kappa shape index (κ3) is 3.15. The number of thiophene rings is 1. The molecule has 0 aliphatic carbocycles. The van der Waals surface area contributed by atoms with Gasteiger partial charge in [-0.1, -0.05) is 19.9 Å². The van der Waals surface area contributed by atoms with Gasteiger partial charge in [0.1, 0.15) is 12.1 Å². The molecule has 1 aromatic heterocycles. The highest BCUT2D eigenvalue weighted by atomic mass is 32.1. The van der Waals surface area contributed by atoms with Crippen molar-refractivity contribution in [3.8, 4) is 0 Å². The zero-order valence-electron chi connectivity index (χ0n) is 11.8. The van der Waals surface area contributed by atoms with Crippen LogP contribution < -0.4 is 0 Å². The number of aliphatic imine (C=N–C) groups is 2. The summed E-state index contributed by atoms with van der Waals surface area (Å²) in [4.78, 5) is 10.6. The molecule has 0 amide bonds. The number of rotatable bonds is 3. The number of hydrogen-bond donors (Lipinski definition) is 0. The van der Waals surface area contributed by atoms with Crippen LogP contribution in [0.2, 0.25) is 0 Å². The van der Waals surface area contributed by atoms with Crippen LogP contribution in [0, 0.1) is 5.92 Å². The molecule has 0 aromatic carbocycles. The largest absolute Gasteiger partial charge is 0.483 e. The van der Waals surface area contributed by atoms with E-state index in [4.69, 9.17) is 9.47 Å². The fraction of sp³-hybridized carbons (Fsp3) is 0.571. The van der Waals surface area contributed by atoms with Crippen molar-refractivity contribution in [2.24, 2.45) is 15.9 Å². The van der Waals surface area contributed by atoms with E-state index in [2.05, 4.69) is 35.3 Å². The molecular weight excluding hydrogens is 260 g/mol. The monoisotopic (exact) mass is 280 g/mol. The van der Waals surface area contributed by atoms with Gasteiger partial charge in [0.15, 0.2) is 0 Å². The Labute approximate surface area is 118 Å². The Morgan fingerprint density at radius 1 is 1.21 bits per heavy atom. The first-order valence-corrected chi connectivity index (χ1v) is 7.29. The van der Waals surface area contributed by atoms with Gasteiger partial charge in [0.2, 0.25) is 11.8 Å². The van der Waals surface area contributed by atoms with Crippen LogP contribution in [0.1, 0.15) is 18.7 Å². The maximum atomic E-state index is 5.42. The van der Waals surface area contributed by atoms with Crippen molar-refractivity contribution < 1.29 is 9.47 Å².